The summed E-state index contributed by atoms with van der Waals surface area (Å²) in [5.41, 5.74) is 4.30. The van der Waals surface area contributed by atoms with E-state index in [-0.39, 0.29) is 11.7 Å². The summed E-state index contributed by atoms with van der Waals surface area (Å²) < 4.78 is 14.8. The second-order valence-electron chi connectivity index (χ2n) is 6.58. The molecule has 0 unspecified atom stereocenters. The minimum Gasteiger partial charge on any atom is -0.350 e. The number of halogens is 1. The zero-order valence-corrected chi connectivity index (χ0v) is 16.6. The minimum atomic E-state index is -0.323. The van der Waals surface area contributed by atoms with E-state index >= 15 is 0 Å². The quantitative estimate of drug-likeness (QED) is 0.516. The lowest BCUT2D eigenvalue weighted by Gasteiger charge is -2.09. The van der Waals surface area contributed by atoms with Crippen molar-refractivity contribution in [1.29, 1.82) is 0 Å². The Bertz CT molecular complexity index is 1120. The van der Waals surface area contributed by atoms with Crippen molar-refractivity contribution in [2.24, 2.45) is 0 Å². The summed E-state index contributed by atoms with van der Waals surface area (Å²) in [7, 11) is 0. The van der Waals surface area contributed by atoms with Crippen LogP contribution in [0.4, 0.5) is 4.39 Å². The van der Waals surface area contributed by atoms with Crippen LogP contribution in [0.25, 0.3) is 16.9 Å². The Hall–Kier alpha value is -3.32. The Kier molecular flexibility index (Phi) is 5.48. The number of nitrogens with zero attached hydrogens (tertiary/aromatic N) is 3. The number of aryl methyl sites for hydroxylation is 1. The van der Waals surface area contributed by atoms with Gasteiger partial charge < -0.3 is 5.32 Å². The Morgan fingerprint density at radius 1 is 1.14 bits per heavy atom. The molecule has 7 heteroatoms. The molecule has 0 radical (unpaired) electrons. The molecule has 2 aromatic heterocycles. The first kappa shape index (κ1) is 19.0. The number of hydrogen-bond acceptors (Lipinski definition) is 4. The van der Waals surface area contributed by atoms with Crippen molar-refractivity contribution < 1.29 is 9.18 Å². The number of carbonyl (C=O) groups excluding carboxylic acids is 1. The molecule has 2 heterocycles. The summed E-state index contributed by atoms with van der Waals surface area (Å²) in [6.07, 6.45) is 3.76. The number of rotatable bonds is 6. The van der Waals surface area contributed by atoms with E-state index in [0.29, 0.717) is 24.3 Å². The summed E-state index contributed by atoms with van der Waals surface area (Å²) in [6.45, 7) is 2.50. The molecule has 5 nitrogen and oxygen atoms in total. The zero-order valence-electron chi connectivity index (χ0n) is 15.8. The van der Waals surface area contributed by atoms with E-state index in [0.717, 1.165) is 21.8 Å². The Labute approximate surface area is 171 Å². The van der Waals surface area contributed by atoms with Gasteiger partial charge in [-0.1, -0.05) is 24.3 Å². The fourth-order valence-electron chi connectivity index (χ4n) is 3.02. The van der Waals surface area contributed by atoms with Crippen LogP contribution in [0.3, 0.4) is 0 Å². The number of nitrogens with one attached hydrogen (secondary N) is 1. The van der Waals surface area contributed by atoms with Gasteiger partial charge in [-0.2, -0.15) is 0 Å². The van der Waals surface area contributed by atoms with Gasteiger partial charge in [0, 0.05) is 23.2 Å². The van der Waals surface area contributed by atoms with Gasteiger partial charge in [-0.05, 0) is 43.2 Å². The third-order valence-electron chi connectivity index (χ3n) is 4.54. The smallest absolute Gasteiger partial charge is 0.269 e. The third-order valence-corrected chi connectivity index (χ3v) is 5.32. The van der Waals surface area contributed by atoms with Gasteiger partial charge in [-0.3, -0.25) is 9.36 Å². The van der Waals surface area contributed by atoms with Gasteiger partial charge in [0.05, 0.1) is 23.2 Å². The number of aromatic nitrogens is 3. The highest BCUT2D eigenvalue weighted by Gasteiger charge is 2.13. The van der Waals surface area contributed by atoms with Gasteiger partial charge in [0.1, 0.15) is 11.5 Å². The maximum Gasteiger partial charge on any atom is 0.269 e. The first-order chi connectivity index (χ1) is 14.1. The molecule has 0 fully saturated rings. The van der Waals surface area contributed by atoms with Crippen molar-refractivity contribution in [2.45, 2.75) is 13.3 Å². The van der Waals surface area contributed by atoms with E-state index in [4.69, 9.17) is 0 Å². The van der Waals surface area contributed by atoms with Crippen molar-refractivity contribution in [2.75, 3.05) is 6.54 Å². The molecule has 0 bridgehead atoms. The highest BCUT2D eigenvalue weighted by Crippen LogP contribution is 2.22. The van der Waals surface area contributed by atoms with Crippen LogP contribution in [-0.2, 0) is 6.42 Å². The minimum absolute atomic E-state index is 0.221. The van der Waals surface area contributed by atoms with E-state index in [1.165, 1.54) is 18.3 Å². The predicted octanol–water partition coefficient (Wildman–Crippen LogP) is 4.42. The molecule has 4 rings (SSSR count). The molecule has 1 N–H and O–H groups in total. The molecule has 0 spiro atoms. The van der Waals surface area contributed by atoms with Crippen molar-refractivity contribution in [3.8, 4) is 16.9 Å². The number of amides is 1. The van der Waals surface area contributed by atoms with Crippen LogP contribution < -0.4 is 5.32 Å². The molecule has 4 aromatic rings. The number of carbonyl (C=O) groups is 1. The maximum atomic E-state index is 13.1. The van der Waals surface area contributed by atoms with Crippen LogP contribution in [0.15, 0.2) is 66.4 Å². The van der Waals surface area contributed by atoms with E-state index in [2.05, 4.69) is 44.9 Å². The molecule has 0 aliphatic rings. The van der Waals surface area contributed by atoms with E-state index in [1.54, 1.807) is 34.4 Å². The fraction of sp³-hybridized carbons (Fsp3) is 0.136. The third kappa shape index (κ3) is 4.41. The zero-order chi connectivity index (χ0) is 20.2. The molecule has 0 saturated carbocycles. The highest BCUT2D eigenvalue weighted by atomic mass is 32.1. The largest absolute Gasteiger partial charge is 0.350 e. The first-order valence-corrected chi connectivity index (χ1v) is 10.1. The first-order valence-electron chi connectivity index (χ1n) is 9.18. The molecule has 0 atom stereocenters. The van der Waals surface area contributed by atoms with Gasteiger partial charge in [-0.25, -0.2) is 14.4 Å². The topological polar surface area (TPSA) is 59.8 Å². The highest BCUT2D eigenvalue weighted by molar-refractivity contribution is 7.09. The second kappa shape index (κ2) is 8.36. The van der Waals surface area contributed by atoms with Gasteiger partial charge in [0.2, 0.25) is 0 Å². The number of imidazole rings is 1. The molecule has 146 valence electrons. The monoisotopic (exact) mass is 406 g/mol. The average molecular weight is 406 g/mol. The lowest BCUT2D eigenvalue weighted by Crippen LogP contribution is -2.27. The number of thiazole rings is 1. The van der Waals surface area contributed by atoms with E-state index < -0.39 is 0 Å². The Morgan fingerprint density at radius 2 is 1.90 bits per heavy atom. The van der Waals surface area contributed by atoms with Gasteiger partial charge in [-0.15, -0.1) is 11.3 Å². The molecule has 2 aromatic carbocycles. The Morgan fingerprint density at radius 3 is 2.59 bits per heavy atom. The molecule has 1 amide bonds. The average Bonchev–Trinajstić information content (AvgIpc) is 3.38. The van der Waals surface area contributed by atoms with Gasteiger partial charge in [0.25, 0.3) is 5.91 Å². The van der Waals surface area contributed by atoms with Crippen LogP contribution in [0.5, 0.6) is 0 Å². The van der Waals surface area contributed by atoms with Crippen molar-refractivity contribution in [3.63, 3.8) is 0 Å². The van der Waals surface area contributed by atoms with Gasteiger partial charge >= 0.3 is 0 Å². The molecule has 0 saturated heterocycles. The van der Waals surface area contributed by atoms with Crippen LogP contribution >= 0.6 is 11.3 Å². The second-order valence-corrected chi connectivity index (χ2v) is 7.64. The van der Waals surface area contributed by atoms with Crippen molar-refractivity contribution in [1.82, 2.24) is 19.9 Å². The van der Waals surface area contributed by atoms with Crippen LogP contribution in [0.2, 0.25) is 0 Å². The molecule has 0 aliphatic carbocycles. The van der Waals surface area contributed by atoms with Crippen LogP contribution in [0.1, 0.15) is 21.1 Å². The summed E-state index contributed by atoms with van der Waals surface area (Å²) in [5, 5.41) is 6.02. The molecule has 29 heavy (non-hydrogen) atoms. The Balaban J connectivity index is 1.36. The lowest BCUT2D eigenvalue weighted by molar-refractivity contribution is 0.0947. The standard InChI is InChI=1S/C22H19FN4OS/c1-15-26-20(13-29-15)17-4-2-16(3-5-17)10-11-25-22(28)21-12-24-14-27(21)19-8-6-18(23)7-9-19/h2-9,12-14H,10-11H2,1H3,(H,25,28). The van der Waals surface area contributed by atoms with Gasteiger partial charge in [0.15, 0.2) is 0 Å². The predicted molar refractivity (Wildman–Crippen MR) is 112 cm³/mol. The summed E-state index contributed by atoms with van der Waals surface area (Å²) in [6, 6.07) is 14.1. The summed E-state index contributed by atoms with van der Waals surface area (Å²) >= 11 is 1.64. The molecular weight excluding hydrogens is 387 g/mol. The van der Waals surface area contributed by atoms with E-state index in [1.807, 2.05) is 6.92 Å². The summed E-state index contributed by atoms with van der Waals surface area (Å²) in [4.78, 5) is 21.1. The number of benzene rings is 2. The number of hydrogen-bond donors (Lipinski definition) is 1. The maximum absolute atomic E-state index is 13.1. The normalized spacial score (nSPS) is 10.8. The lowest BCUT2D eigenvalue weighted by atomic mass is 10.1. The molecular formula is C22H19FN4OS. The summed E-state index contributed by atoms with van der Waals surface area (Å²) in [5.74, 6) is -0.544. The van der Waals surface area contributed by atoms with Crippen LogP contribution in [0, 0.1) is 12.7 Å². The molecule has 0 aliphatic heterocycles. The van der Waals surface area contributed by atoms with Crippen LogP contribution in [-0.4, -0.2) is 27.0 Å². The SMILES string of the molecule is Cc1nc(-c2ccc(CCNC(=O)c3cncn3-c3ccc(F)cc3)cc2)cs1. The van der Waals surface area contributed by atoms with Crippen molar-refractivity contribution in [3.05, 3.63) is 88.5 Å². The fourth-order valence-corrected chi connectivity index (χ4v) is 3.64. The van der Waals surface area contributed by atoms with Crippen molar-refractivity contribution >= 4 is 17.2 Å². The van der Waals surface area contributed by atoms with E-state index in [9.17, 15) is 9.18 Å².